The molecule has 0 aliphatic heterocycles. The summed E-state index contributed by atoms with van der Waals surface area (Å²) in [6, 6.07) is 22.3. The number of halogens is 2. The summed E-state index contributed by atoms with van der Waals surface area (Å²) in [7, 11) is 0. The van der Waals surface area contributed by atoms with Crippen molar-refractivity contribution >= 4 is 55.4 Å². The normalized spacial score (nSPS) is 10.8. The van der Waals surface area contributed by atoms with Gasteiger partial charge in [0.2, 0.25) is 0 Å². The molecule has 2 amide bonds. The molecule has 0 aliphatic carbocycles. The van der Waals surface area contributed by atoms with Crippen molar-refractivity contribution in [2.75, 3.05) is 11.9 Å². The first-order valence-corrected chi connectivity index (χ1v) is 11.9. The first kappa shape index (κ1) is 25.2. The van der Waals surface area contributed by atoms with Crippen molar-refractivity contribution in [1.29, 1.82) is 5.26 Å². The summed E-state index contributed by atoms with van der Waals surface area (Å²) in [5.41, 5.74) is 3.00. The average Bonchev–Trinajstić information content (AvgIpc) is 2.81. The minimum absolute atomic E-state index is 0.0880. The fourth-order valence-electron chi connectivity index (χ4n) is 3.07. The lowest BCUT2D eigenvalue weighted by Gasteiger charge is -2.13. The van der Waals surface area contributed by atoms with Crippen LogP contribution >= 0.6 is 31.9 Å². The van der Waals surface area contributed by atoms with Crippen molar-refractivity contribution in [3.05, 3.63) is 97.9 Å². The summed E-state index contributed by atoms with van der Waals surface area (Å²) in [6.45, 7) is 1.98. The van der Waals surface area contributed by atoms with Crippen LogP contribution in [0.5, 0.6) is 5.75 Å². The lowest BCUT2D eigenvalue weighted by molar-refractivity contribution is -0.118. The van der Waals surface area contributed by atoms with Gasteiger partial charge in [0.25, 0.3) is 11.8 Å². The number of hydrogen-bond acceptors (Lipinski definition) is 4. The molecule has 3 aromatic rings. The van der Waals surface area contributed by atoms with Crippen LogP contribution in [0.1, 0.15) is 16.7 Å². The van der Waals surface area contributed by atoms with Crippen LogP contribution in [0.4, 0.5) is 5.69 Å². The molecule has 0 aliphatic rings. The van der Waals surface area contributed by atoms with Crippen LogP contribution in [0.15, 0.2) is 81.2 Å². The van der Waals surface area contributed by atoms with E-state index >= 15 is 0 Å². The monoisotopic (exact) mass is 581 g/mol. The molecule has 0 heterocycles. The zero-order valence-electron chi connectivity index (χ0n) is 18.3. The highest BCUT2D eigenvalue weighted by atomic mass is 79.9. The third-order valence-electron chi connectivity index (χ3n) is 4.65. The molecule has 0 fully saturated rings. The van der Waals surface area contributed by atoms with Gasteiger partial charge in [-0.05, 0) is 64.3 Å². The topological polar surface area (TPSA) is 91.2 Å². The summed E-state index contributed by atoms with van der Waals surface area (Å²) in [5, 5.41) is 15.1. The molecule has 2 N–H and O–H groups in total. The van der Waals surface area contributed by atoms with Gasteiger partial charge >= 0.3 is 0 Å². The van der Waals surface area contributed by atoms with E-state index in [4.69, 9.17) is 4.74 Å². The highest BCUT2D eigenvalue weighted by Crippen LogP contribution is 2.34. The molecule has 6 nitrogen and oxygen atoms in total. The Kier molecular flexibility index (Phi) is 9.02. The van der Waals surface area contributed by atoms with E-state index in [1.165, 1.54) is 6.08 Å². The predicted molar refractivity (Wildman–Crippen MR) is 139 cm³/mol. The summed E-state index contributed by atoms with van der Waals surface area (Å²) in [6.07, 6.45) is 1.43. The number of carbonyl (C=O) groups is 2. The Balaban J connectivity index is 1.75. The number of hydrogen-bond donors (Lipinski definition) is 2. The van der Waals surface area contributed by atoms with Gasteiger partial charge in [0, 0.05) is 22.3 Å². The Morgan fingerprint density at radius 2 is 1.82 bits per heavy atom. The number of nitrogens with zero attached hydrogens (tertiary/aromatic N) is 1. The number of nitrogens with one attached hydrogen (secondary N) is 2. The largest absolute Gasteiger partial charge is 0.482 e. The molecular formula is C26H21Br2N3O3. The zero-order chi connectivity index (χ0) is 24.5. The minimum atomic E-state index is -0.509. The van der Waals surface area contributed by atoms with Crippen molar-refractivity contribution in [3.8, 4) is 11.8 Å². The third kappa shape index (κ3) is 7.30. The van der Waals surface area contributed by atoms with Gasteiger partial charge in [-0.15, -0.1) is 0 Å². The first-order valence-electron chi connectivity index (χ1n) is 10.3. The summed E-state index contributed by atoms with van der Waals surface area (Å²) in [4.78, 5) is 25.0. The molecule has 0 bridgehead atoms. The van der Waals surface area contributed by atoms with Crippen molar-refractivity contribution in [1.82, 2.24) is 5.32 Å². The van der Waals surface area contributed by atoms with E-state index in [1.807, 2.05) is 61.5 Å². The SMILES string of the molecule is Cc1cccc(NC(=O)COc2c(Br)cc(Br)cc2/C=C(\C#N)C(=O)NCc2ccccc2)c1. The molecular weight excluding hydrogens is 562 g/mol. The summed E-state index contributed by atoms with van der Waals surface area (Å²) >= 11 is 6.85. The van der Waals surface area contributed by atoms with E-state index < -0.39 is 5.91 Å². The number of aryl methyl sites for hydroxylation is 1. The third-order valence-corrected chi connectivity index (χ3v) is 5.69. The zero-order valence-corrected chi connectivity index (χ0v) is 21.4. The van der Waals surface area contributed by atoms with Crippen LogP contribution < -0.4 is 15.4 Å². The molecule has 0 radical (unpaired) electrons. The number of rotatable bonds is 8. The quantitative estimate of drug-likeness (QED) is 0.261. The maximum absolute atomic E-state index is 12.6. The van der Waals surface area contributed by atoms with Crippen LogP contribution in [0, 0.1) is 18.3 Å². The van der Waals surface area contributed by atoms with Crippen LogP contribution in [0.2, 0.25) is 0 Å². The number of anilines is 1. The van der Waals surface area contributed by atoms with E-state index in [-0.39, 0.29) is 18.1 Å². The van der Waals surface area contributed by atoms with E-state index in [0.29, 0.717) is 32.5 Å². The smallest absolute Gasteiger partial charge is 0.262 e. The second-order valence-electron chi connectivity index (χ2n) is 7.35. The van der Waals surface area contributed by atoms with Crippen LogP contribution in [-0.4, -0.2) is 18.4 Å². The number of benzene rings is 3. The summed E-state index contributed by atoms with van der Waals surface area (Å²) < 4.78 is 7.06. The average molecular weight is 583 g/mol. The number of nitriles is 1. The highest BCUT2D eigenvalue weighted by molar-refractivity contribution is 9.11. The maximum Gasteiger partial charge on any atom is 0.262 e. The minimum Gasteiger partial charge on any atom is -0.482 e. The second kappa shape index (κ2) is 12.2. The van der Waals surface area contributed by atoms with Gasteiger partial charge in [-0.3, -0.25) is 9.59 Å². The molecule has 3 rings (SSSR count). The van der Waals surface area contributed by atoms with Crippen LogP contribution in [0.25, 0.3) is 6.08 Å². The maximum atomic E-state index is 12.6. The molecule has 172 valence electrons. The molecule has 0 saturated carbocycles. The molecule has 0 saturated heterocycles. The fourth-order valence-corrected chi connectivity index (χ4v) is 4.45. The molecule has 34 heavy (non-hydrogen) atoms. The molecule has 0 atom stereocenters. The Bertz CT molecular complexity index is 1270. The van der Waals surface area contributed by atoms with Crippen molar-refractivity contribution < 1.29 is 14.3 Å². The number of carbonyl (C=O) groups excluding carboxylic acids is 2. The highest BCUT2D eigenvalue weighted by Gasteiger charge is 2.15. The van der Waals surface area contributed by atoms with Gasteiger partial charge in [0.05, 0.1) is 4.47 Å². The molecule has 8 heteroatoms. The van der Waals surface area contributed by atoms with Crippen molar-refractivity contribution in [2.45, 2.75) is 13.5 Å². The van der Waals surface area contributed by atoms with Crippen LogP contribution in [-0.2, 0) is 16.1 Å². The number of amides is 2. The lowest BCUT2D eigenvalue weighted by Crippen LogP contribution is -2.24. The lowest BCUT2D eigenvalue weighted by atomic mass is 10.1. The van der Waals surface area contributed by atoms with Crippen molar-refractivity contribution in [2.24, 2.45) is 0 Å². The van der Waals surface area contributed by atoms with Gasteiger partial charge in [-0.2, -0.15) is 5.26 Å². The Hall–Kier alpha value is -3.41. The van der Waals surface area contributed by atoms with E-state index in [0.717, 1.165) is 11.1 Å². The second-order valence-corrected chi connectivity index (χ2v) is 9.12. The molecule has 0 aromatic heterocycles. The number of ether oxygens (including phenoxy) is 1. The van der Waals surface area contributed by atoms with E-state index in [1.54, 1.807) is 18.2 Å². The van der Waals surface area contributed by atoms with Crippen molar-refractivity contribution in [3.63, 3.8) is 0 Å². The predicted octanol–water partition coefficient (Wildman–Crippen LogP) is 5.76. The molecule has 3 aromatic carbocycles. The van der Waals surface area contributed by atoms with Gasteiger partial charge < -0.3 is 15.4 Å². The summed E-state index contributed by atoms with van der Waals surface area (Å²) in [5.74, 6) is -0.506. The van der Waals surface area contributed by atoms with Gasteiger partial charge in [-0.1, -0.05) is 58.4 Å². The van der Waals surface area contributed by atoms with E-state index in [2.05, 4.69) is 42.5 Å². The first-order chi connectivity index (χ1) is 16.4. The van der Waals surface area contributed by atoms with Crippen LogP contribution in [0.3, 0.4) is 0 Å². The Morgan fingerprint density at radius 3 is 2.53 bits per heavy atom. The molecule has 0 unspecified atom stereocenters. The fraction of sp³-hybridized carbons (Fsp3) is 0.115. The van der Waals surface area contributed by atoms with Gasteiger partial charge in [0.15, 0.2) is 6.61 Å². The van der Waals surface area contributed by atoms with E-state index in [9.17, 15) is 14.9 Å². The van der Waals surface area contributed by atoms with Gasteiger partial charge in [0.1, 0.15) is 17.4 Å². The Labute approximate surface area is 214 Å². The standard InChI is InChI=1S/C26H21Br2N3O3/c1-17-6-5-9-22(10-17)31-24(32)16-34-25-19(12-21(27)13-23(25)28)11-20(14-29)26(33)30-15-18-7-3-2-4-8-18/h2-13H,15-16H2,1H3,(H,30,33)(H,31,32)/b20-11+. The molecule has 0 spiro atoms. The van der Waals surface area contributed by atoms with Gasteiger partial charge in [-0.25, -0.2) is 0 Å². The Morgan fingerprint density at radius 1 is 1.06 bits per heavy atom.